The van der Waals surface area contributed by atoms with E-state index in [1.807, 2.05) is 0 Å². The van der Waals surface area contributed by atoms with Crippen molar-refractivity contribution in [3.05, 3.63) is 58.9 Å². The molecule has 0 spiro atoms. The van der Waals surface area contributed by atoms with Gasteiger partial charge in [-0.25, -0.2) is 9.18 Å². The van der Waals surface area contributed by atoms with Gasteiger partial charge in [-0.15, -0.1) is 0 Å². The number of hydroxylamine groups is 2. The Labute approximate surface area is 196 Å². The van der Waals surface area contributed by atoms with Gasteiger partial charge in [0.2, 0.25) is 0 Å². The third kappa shape index (κ3) is 6.88. The first-order chi connectivity index (χ1) is 15.7. The quantitative estimate of drug-likeness (QED) is 0.459. The Morgan fingerprint density at radius 3 is 2.82 bits per heavy atom. The van der Waals surface area contributed by atoms with Crippen LogP contribution in [-0.4, -0.2) is 52.0 Å². The molecule has 0 aliphatic carbocycles. The minimum Gasteiger partial charge on any atom is -0.491 e. The zero-order valence-electron chi connectivity index (χ0n) is 18.0. The van der Waals surface area contributed by atoms with E-state index in [2.05, 4.69) is 5.32 Å². The molecule has 0 bridgehead atoms. The highest BCUT2D eigenvalue weighted by molar-refractivity contribution is 6.31. The second kappa shape index (κ2) is 10.9. The van der Waals surface area contributed by atoms with Crippen molar-refractivity contribution in [2.75, 3.05) is 18.5 Å². The summed E-state index contributed by atoms with van der Waals surface area (Å²) in [5.41, 5.74) is 4.44. The van der Waals surface area contributed by atoms with E-state index in [1.54, 1.807) is 18.2 Å². The lowest BCUT2D eigenvalue weighted by atomic mass is 9.84. The van der Waals surface area contributed by atoms with Crippen LogP contribution in [0.15, 0.2) is 42.5 Å². The highest BCUT2D eigenvalue weighted by Gasteiger charge is 2.41. The summed E-state index contributed by atoms with van der Waals surface area (Å²) < 4.78 is 19.2. The van der Waals surface area contributed by atoms with Crippen LogP contribution in [-0.2, 0) is 11.2 Å². The molecule has 5 N–H and O–H groups in total. The number of nitrogens with one attached hydrogen (secondary N) is 1. The zero-order valence-corrected chi connectivity index (χ0v) is 18.7. The van der Waals surface area contributed by atoms with Crippen LogP contribution in [0.5, 0.6) is 5.75 Å². The van der Waals surface area contributed by atoms with Gasteiger partial charge < -0.3 is 26.1 Å². The number of nitrogens with two attached hydrogens (primary N) is 1. The van der Waals surface area contributed by atoms with E-state index in [9.17, 15) is 24.3 Å². The lowest BCUT2D eigenvalue weighted by molar-refractivity contribution is -0.148. The maximum absolute atomic E-state index is 13.5. The number of Topliss-reactive ketones (excluding diaryl/α,β-unsaturated/α-hetero) is 1. The predicted octanol–water partition coefficient (Wildman–Crippen LogP) is 3.53. The number of hydrogen-bond acceptors (Lipinski definition) is 6. The molecule has 1 fully saturated rings. The van der Waals surface area contributed by atoms with Crippen LogP contribution in [0.3, 0.4) is 0 Å². The van der Waals surface area contributed by atoms with Gasteiger partial charge in [0, 0.05) is 30.5 Å². The first kappa shape index (κ1) is 24.9. The van der Waals surface area contributed by atoms with Crippen molar-refractivity contribution in [1.82, 2.24) is 5.06 Å². The van der Waals surface area contributed by atoms with Crippen LogP contribution in [0.4, 0.5) is 14.9 Å². The molecule has 178 valence electrons. The van der Waals surface area contributed by atoms with Gasteiger partial charge in [0.1, 0.15) is 17.2 Å². The van der Waals surface area contributed by atoms with Gasteiger partial charge in [-0.2, -0.15) is 5.06 Å². The third-order valence-corrected chi connectivity index (χ3v) is 5.87. The number of carbonyl (C=O) groups excluding carboxylic acids is 2. The van der Waals surface area contributed by atoms with Crippen molar-refractivity contribution >= 4 is 29.1 Å². The van der Waals surface area contributed by atoms with E-state index in [0.717, 1.165) is 5.06 Å². The van der Waals surface area contributed by atoms with Gasteiger partial charge in [-0.1, -0.05) is 23.7 Å². The summed E-state index contributed by atoms with van der Waals surface area (Å²) in [6.07, 6.45) is 0.815. The number of benzene rings is 2. The standard InChI is InChI=1S/C23H27ClFN3O5/c24-16-5-6-20(19(13-16)27-22(26)30)33-10-7-21(29)23(31)8-2-9-28(32)18(14-23)12-15-3-1-4-17(25)11-15/h1,3-6,11,13,18,31-32H,2,7-10,12,14H2,(H3,26,27,30). The molecule has 2 atom stereocenters. The van der Waals surface area contributed by atoms with Crippen molar-refractivity contribution in [3.63, 3.8) is 0 Å². The summed E-state index contributed by atoms with van der Waals surface area (Å²) in [6, 6.07) is 9.25. The lowest BCUT2D eigenvalue weighted by Crippen LogP contribution is -2.44. The Morgan fingerprint density at radius 2 is 2.09 bits per heavy atom. The number of aliphatic hydroxyl groups is 1. The van der Waals surface area contributed by atoms with Crippen LogP contribution < -0.4 is 15.8 Å². The number of carbonyl (C=O) groups is 2. The van der Waals surface area contributed by atoms with Gasteiger partial charge in [0.15, 0.2) is 5.78 Å². The summed E-state index contributed by atoms with van der Waals surface area (Å²) >= 11 is 5.93. The molecule has 2 unspecified atom stereocenters. The molecule has 10 heteroatoms. The minimum atomic E-state index is -1.65. The van der Waals surface area contributed by atoms with Crippen LogP contribution >= 0.6 is 11.6 Å². The molecule has 1 saturated heterocycles. The first-order valence-electron chi connectivity index (χ1n) is 10.6. The molecule has 2 amide bonds. The summed E-state index contributed by atoms with van der Waals surface area (Å²) in [5.74, 6) is -0.522. The molecule has 2 aromatic rings. The van der Waals surface area contributed by atoms with E-state index in [0.29, 0.717) is 23.6 Å². The molecule has 1 heterocycles. The molecule has 2 aromatic carbocycles. The Kier molecular flexibility index (Phi) is 8.25. The fourth-order valence-electron chi connectivity index (χ4n) is 4.02. The predicted molar refractivity (Wildman–Crippen MR) is 121 cm³/mol. The molecule has 0 aromatic heterocycles. The number of ketones is 1. The average molecular weight is 480 g/mol. The third-order valence-electron chi connectivity index (χ3n) is 5.64. The second-order valence-corrected chi connectivity index (χ2v) is 8.58. The number of anilines is 1. The summed E-state index contributed by atoms with van der Waals surface area (Å²) in [5, 5.41) is 25.4. The minimum absolute atomic E-state index is 0.00821. The smallest absolute Gasteiger partial charge is 0.316 e. The van der Waals surface area contributed by atoms with Crippen LogP contribution in [0.25, 0.3) is 0 Å². The molecule has 33 heavy (non-hydrogen) atoms. The normalized spacial score (nSPS) is 21.3. The SMILES string of the molecule is NC(=O)Nc1cc(Cl)ccc1OCCC(=O)C1(O)CCCN(O)C(Cc2cccc(F)c2)C1. The zero-order chi connectivity index (χ0) is 24.0. The Bertz CT molecular complexity index is 1010. The van der Waals surface area contributed by atoms with Crippen LogP contribution in [0, 0.1) is 5.82 Å². The van der Waals surface area contributed by atoms with Gasteiger partial charge in [-0.05, 0) is 55.2 Å². The van der Waals surface area contributed by atoms with Crippen molar-refractivity contribution < 1.29 is 29.0 Å². The summed E-state index contributed by atoms with van der Waals surface area (Å²) in [4.78, 5) is 24.1. The maximum atomic E-state index is 13.5. The highest BCUT2D eigenvalue weighted by atomic mass is 35.5. The molecule has 0 saturated carbocycles. The van der Waals surface area contributed by atoms with E-state index in [-0.39, 0.29) is 49.5 Å². The highest BCUT2D eigenvalue weighted by Crippen LogP contribution is 2.31. The van der Waals surface area contributed by atoms with E-state index in [1.165, 1.54) is 24.3 Å². The largest absolute Gasteiger partial charge is 0.491 e. The number of halogens is 2. The van der Waals surface area contributed by atoms with E-state index < -0.39 is 23.5 Å². The molecule has 1 aliphatic heterocycles. The molecule has 3 rings (SSSR count). The maximum Gasteiger partial charge on any atom is 0.316 e. The number of primary amides is 1. The van der Waals surface area contributed by atoms with Crippen molar-refractivity contribution in [1.29, 1.82) is 0 Å². The van der Waals surface area contributed by atoms with Crippen molar-refractivity contribution in [2.24, 2.45) is 5.73 Å². The summed E-state index contributed by atoms with van der Waals surface area (Å²) in [6.45, 7) is 0.243. The molecule has 8 nitrogen and oxygen atoms in total. The summed E-state index contributed by atoms with van der Waals surface area (Å²) in [7, 11) is 0. The Morgan fingerprint density at radius 1 is 1.30 bits per heavy atom. The number of amides is 2. The van der Waals surface area contributed by atoms with Gasteiger partial charge in [0.25, 0.3) is 0 Å². The number of nitrogens with zero attached hydrogens (tertiary/aromatic N) is 1. The number of ether oxygens (including phenoxy) is 1. The molecular formula is C23H27ClFN3O5. The van der Waals surface area contributed by atoms with Crippen molar-refractivity contribution in [3.8, 4) is 5.75 Å². The van der Waals surface area contributed by atoms with Gasteiger partial charge in [0.05, 0.1) is 12.3 Å². The fourth-order valence-corrected chi connectivity index (χ4v) is 4.20. The van der Waals surface area contributed by atoms with Crippen LogP contribution in [0.1, 0.15) is 31.2 Å². The van der Waals surface area contributed by atoms with Crippen LogP contribution in [0.2, 0.25) is 5.02 Å². The monoisotopic (exact) mass is 479 g/mol. The molecule has 1 aliphatic rings. The number of rotatable bonds is 8. The second-order valence-electron chi connectivity index (χ2n) is 8.14. The Hall–Kier alpha value is -2.72. The van der Waals surface area contributed by atoms with E-state index in [4.69, 9.17) is 22.1 Å². The average Bonchev–Trinajstić information content (AvgIpc) is 2.88. The topological polar surface area (TPSA) is 125 Å². The Balaban J connectivity index is 1.64. The van der Waals surface area contributed by atoms with Crippen molar-refractivity contribution in [2.45, 2.75) is 43.7 Å². The molecule has 0 radical (unpaired) electrons. The number of urea groups is 1. The molecular weight excluding hydrogens is 453 g/mol. The van der Waals surface area contributed by atoms with Gasteiger partial charge >= 0.3 is 6.03 Å². The van der Waals surface area contributed by atoms with E-state index >= 15 is 0 Å². The lowest BCUT2D eigenvalue weighted by Gasteiger charge is -2.30. The first-order valence-corrected chi connectivity index (χ1v) is 11.0. The number of hydrogen-bond donors (Lipinski definition) is 4. The fraction of sp³-hybridized carbons (Fsp3) is 0.391. The van der Waals surface area contributed by atoms with Gasteiger partial charge in [-0.3, -0.25) is 4.79 Å².